The summed E-state index contributed by atoms with van der Waals surface area (Å²) < 4.78 is 5.29. The van der Waals surface area contributed by atoms with Crippen LogP contribution in [0.5, 0.6) is 5.75 Å². The third kappa shape index (κ3) is 3.37. The van der Waals surface area contributed by atoms with Crippen molar-refractivity contribution in [2.24, 2.45) is 5.73 Å². The van der Waals surface area contributed by atoms with Crippen LogP contribution in [0.4, 0.5) is 0 Å². The highest BCUT2D eigenvalue weighted by Crippen LogP contribution is 2.29. The Balaban J connectivity index is 2.08. The van der Waals surface area contributed by atoms with Gasteiger partial charge < -0.3 is 10.5 Å². The minimum Gasteiger partial charge on any atom is -0.497 e. The monoisotopic (exact) mass is 260 g/mol. The number of allylic oxidation sites excluding steroid dienone is 1. The molecule has 1 aliphatic heterocycles. The molecule has 1 fully saturated rings. The van der Waals surface area contributed by atoms with Gasteiger partial charge in [0.2, 0.25) is 0 Å². The van der Waals surface area contributed by atoms with Crippen molar-refractivity contribution < 1.29 is 4.74 Å². The Hall–Kier alpha value is -1.32. The lowest BCUT2D eigenvalue weighted by Gasteiger charge is -2.16. The van der Waals surface area contributed by atoms with E-state index >= 15 is 0 Å². The first kappa shape index (κ1) is 14.1. The molecule has 0 aromatic heterocycles. The molecule has 2 rings (SSSR count). The highest BCUT2D eigenvalue weighted by molar-refractivity contribution is 5.32. The number of likely N-dealkylation sites (tertiary alicyclic amines) is 1. The van der Waals surface area contributed by atoms with Crippen LogP contribution in [0.25, 0.3) is 0 Å². The molecule has 19 heavy (non-hydrogen) atoms. The van der Waals surface area contributed by atoms with Gasteiger partial charge in [0.15, 0.2) is 0 Å². The van der Waals surface area contributed by atoms with E-state index in [1.165, 1.54) is 11.1 Å². The van der Waals surface area contributed by atoms with Crippen LogP contribution in [0.3, 0.4) is 0 Å². The Bertz CT molecular complexity index is 456. The number of benzene rings is 1. The summed E-state index contributed by atoms with van der Waals surface area (Å²) in [6.45, 7) is 7.27. The number of hydrogen-bond acceptors (Lipinski definition) is 3. The molecule has 0 aliphatic carbocycles. The molecule has 0 amide bonds. The van der Waals surface area contributed by atoms with Crippen LogP contribution < -0.4 is 10.5 Å². The molecule has 2 atom stereocenters. The summed E-state index contributed by atoms with van der Waals surface area (Å²) in [7, 11) is 1.70. The Morgan fingerprint density at radius 2 is 2.26 bits per heavy atom. The predicted molar refractivity (Wildman–Crippen MR) is 79.6 cm³/mol. The van der Waals surface area contributed by atoms with Crippen molar-refractivity contribution in [3.8, 4) is 5.75 Å². The van der Waals surface area contributed by atoms with E-state index in [0.29, 0.717) is 5.92 Å². The van der Waals surface area contributed by atoms with E-state index < -0.39 is 0 Å². The quantitative estimate of drug-likeness (QED) is 0.845. The van der Waals surface area contributed by atoms with Gasteiger partial charge in [0.05, 0.1) is 7.11 Å². The predicted octanol–water partition coefficient (Wildman–Crippen LogP) is 2.39. The van der Waals surface area contributed by atoms with Crippen molar-refractivity contribution in [2.75, 3.05) is 26.7 Å². The first-order valence-corrected chi connectivity index (χ1v) is 6.87. The van der Waals surface area contributed by atoms with Gasteiger partial charge in [-0.3, -0.25) is 4.90 Å². The second-order valence-electron chi connectivity index (χ2n) is 5.38. The molecule has 0 bridgehead atoms. The smallest absolute Gasteiger partial charge is 0.119 e. The number of ether oxygens (including phenoxy) is 1. The third-order valence-corrected chi connectivity index (χ3v) is 3.93. The zero-order valence-electron chi connectivity index (χ0n) is 12.1. The van der Waals surface area contributed by atoms with Gasteiger partial charge in [-0.15, -0.1) is 0 Å². The summed E-state index contributed by atoms with van der Waals surface area (Å²) in [4.78, 5) is 2.43. The fourth-order valence-corrected chi connectivity index (χ4v) is 2.71. The lowest BCUT2D eigenvalue weighted by molar-refractivity contribution is 0.359. The fourth-order valence-electron chi connectivity index (χ4n) is 2.71. The standard InChI is InChI=1S/C16H24N2O/c1-4-12(2)9-18-10-15(16(17)11-18)13-6-5-7-14(8-13)19-3/h4-8,15-16H,9-11,17H2,1-3H3/b12-4+/t15-,16+/m1/s1. The van der Waals surface area contributed by atoms with E-state index in [9.17, 15) is 0 Å². The normalized spacial score (nSPS) is 24.7. The van der Waals surface area contributed by atoms with Crippen LogP contribution in [0.1, 0.15) is 25.3 Å². The van der Waals surface area contributed by atoms with Crippen molar-refractivity contribution in [1.82, 2.24) is 4.90 Å². The first-order valence-electron chi connectivity index (χ1n) is 6.87. The molecule has 1 aromatic carbocycles. The minimum absolute atomic E-state index is 0.205. The van der Waals surface area contributed by atoms with Gasteiger partial charge in [0.1, 0.15) is 5.75 Å². The maximum atomic E-state index is 6.31. The van der Waals surface area contributed by atoms with Gasteiger partial charge in [-0.1, -0.05) is 23.8 Å². The van der Waals surface area contributed by atoms with Crippen molar-refractivity contribution in [3.05, 3.63) is 41.5 Å². The molecular formula is C16H24N2O. The Morgan fingerprint density at radius 3 is 2.95 bits per heavy atom. The van der Waals surface area contributed by atoms with E-state index in [0.717, 1.165) is 25.4 Å². The zero-order valence-corrected chi connectivity index (χ0v) is 12.1. The van der Waals surface area contributed by atoms with E-state index in [-0.39, 0.29) is 6.04 Å². The number of hydrogen-bond donors (Lipinski definition) is 1. The molecule has 1 aromatic rings. The molecule has 1 saturated heterocycles. The molecule has 3 heteroatoms. The van der Waals surface area contributed by atoms with Gasteiger partial charge in [0.25, 0.3) is 0 Å². The highest BCUT2D eigenvalue weighted by atomic mass is 16.5. The van der Waals surface area contributed by atoms with Gasteiger partial charge in [-0.2, -0.15) is 0 Å². The molecule has 0 radical (unpaired) electrons. The Labute approximate surface area is 116 Å². The molecule has 1 heterocycles. The maximum Gasteiger partial charge on any atom is 0.119 e. The first-order chi connectivity index (χ1) is 9.13. The van der Waals surface area contributed by atoms with Crippen LogP contribution in [0, 0.1) is 0 Å². The molecule has 104 valence electrons. The van der Waals surface area contributed by atoms with Crippen molar-refractivity contribution in [3.63, 3.8) is 0 Å². The lowest BCUT2D eigenvalue weighted by Crippen LogP contribution is -2.29. The molecule has 3 nitrogen and oxygen atoms in total. The zero-order chi connectivity index (χ0) is 13.8. The van der Waals surface area contributed by atoms with Crippen LogP contribution in [0.2, 0.25) is 0 Å². The van der Waals surface area contributed by atoms with Crippen molar-refractivity contribution in [2.45, 2.75) is 25.8 Å². The van der Waals surface area contributed by atoms with Gasteiger partial charge in [0, 0.05) is 31.6 Å². The molecule has 0 saturated carbocycles. The van der Waals surface area contributed by atoms with E-state index in [1.807, 2.05) is 12.1 Å². The van der Waals surface area contributed by atoms with Gasteiger partial charge in [-0.05, 0) is 31.5 Å². The van der Waals surface area contributed by atoms with Crippen LogP contribution in [0.15, 0.2) is 35.9 Å². The SMILES string of the molecule is C/C=C(\C)CN1C[C@H](c2cccc(OC)c2)[C@@H](N)C1. The third-order valence-electron chi connectivity index (χ3n) is 3.93. The summed E-state index contributed by atoms with van der Waals surface area (Å²) in [6.07, 6.45) is 2.17. The largest absolute Gasteiger partial charge is 0.497 e. The van der Waals surface area contributed by atoms with E-state index in [1.54, 1.807) is 7.11 Å². The number of rotatable bonds is 4. The van der Waals surface area contributed by atoms with Crippen LogP contribution >= 0.6 is 0 Å². The average molecular weight is 260 g/mol. The summed E-state index contributed by atoms with van der Waals surface area (Å²) in [5, 5.41) is 0. The average Bonchev–Trinajstić information content (AvgIpc) is 2.79. The van der Waals surface area contributed by atoms with E-state index in [2.05, 4.69) is 37.0 Å². The molecule has 1 aliphatic rings. The number of nitrogens with zero attached hydrogens (tertiary/aromatic N) is 1. The summed E-state index contributed by atoms with van der Waals surface area (Å²) in [5.74, 6) is 1.31. The van der Waals surface area contributed by atoms with Crippen molar-refractivity contribution in [1.29, 1.82) is 0 Å². The van der Waals surface area contributed by atoms with Crippen LogP contribution in [-0.4, -0.2) is 37.7 Å². The second-order valence-corrected chi connectivity index (χ2v) is 5.38. The Kier molecular flexibility index (Phi) is 4.61. The summed E-state index contributed by atoms with van der Waals surface area (Å²) >= 11 is 0. The summed E-state index contributed by atoms with van der Waals surface area (Å²) in [6, 6.07) is 8.49. The topological polar surface area (TPSA) is 38.5 Å². The fraction of sp³-hybridized carbons (Fsp3) is 0.500. The number of nitrogens with two attached hydrogens (primary N) is 1. The van der Waals surface area contributed by atoms with Crippen LogP contribution in [-0.2, 0) is 0 Å². The lowest BCUT2D eigenvalue weighted by atomic mass is 9.95. The molecule has 0 spiro atoms. The number of methoxy groups -OCH3 is 1. The summed E-state index contributed by atoms with van der Waals surface area (Å²) in [5.41, 5.74) is 8.99. The Morgan fingerprint density at radius 1 is 1.47 bits per heavy atom. The van der Waals surface area contributed by atoms with E-state index in [4.69, 9.17) is 10.5 Å². The van der Waals surface area contributed by atoms with Gasteiger partial charge >= 0.3 is 0 Å². The minimum atomic E-state index is 0.205. The maximum absolute atomic E-state index is 6.31. The van der Waals surface area contributed by atoms with Crippen molar-refractivity contribution >= 4 is 0 Å². The van der Waals surface area contributed by atoms with Gasteiger partial charge in [-0.25, -0.2) is 0 Å². The molecule has 0 unspecified atom stereocenters. The highest BCUT2D eigenvalue weighted by Gasteiger charge is 2.31. The second kappa shape index (κ2) is 6.22. The molecule has 2 N–H and O–H groups in total. The molecular weight excluding hydrogens is 236 g/mol.